The van der Waals surface area contributed by atoms with E-state index in [0.717, 1.165) is 37.9 Å². The molecule has 0 spiro atoms. The van der Waals surface area contributed by atoms with Crippen LogP contribution >= 0.6 is 27.5 Å². The minimum atomic E-state index is -0.337. The first-order valence-corrected chi connectivity index (χ1v) is 31.4. The first kappa shape index (κ1) is 80.9. The highest BCUT2D eigenvalue weighted by atomic mass is 79.9. The lowest BCUT2D eigenvalue weighted by molar-refractivity contribution is 0.275. The number of benzene rings is 7. The van der Waals surface area contributed by atoms with Crippen molar-refractivity contribution < 1.29 is 27.1 Å². The maximum Gasteiger partial charge on any atom is 0.205 e. The summed E-state index contributed by atoms with van der Waals surface area (Å²) in [5, 5.41) is 9.41. The third kappa shape index (κ3) is 27.9. The molecule has 89 heavy (non-hydrogen) atoms. The lowest BCUT2D eigenvalue weighted by atomic mass is 9.85. The molecule has 0 aliphatic rings. The van der Waals surface area contributed by atoms with Gasteiger partial charge in [0.05, 0.1) is 19.8 Å². The highest BCUT2D eigenvalue weighted by molar-refractivity contribution is 9.10. The monoisotopic (exact) mass is 1300 g/mol. The van der Waals surface area contributed by atoms with Gasteiger partial charge in [-0.2, -0.15) is 0 Å². The zero-order chi connectivity index (χ0) is 69.2. The Morgan fingerprint density at radius 3 is 1.01 bits per heavy atom. The van der Waals surface area contributed by atoms with Crippen LogP contribution in [0.4, 0.5) is 33.3 Å². The van der Waals surface area contributed by atoms with Crippen LogP contribution in [-0.2, 0) is 44.5 Å². The lowest BCUT2D eigenvalue weighted by Gasteiger charge is -2.21. The summed E-state index contributed by atoms with van der Waals surface area (Å²) in [4.78, 5) is 6.71. The molecule has 0 fully saturated rings. The Hall–Kier alpha value is -6.10. The molecule has 0 aliphatic carbocycles. The van der Waals surface area contributed by atoms with Crippen molar-refractivity contribution in [2.45, 2.75) is 230 Å². The average molecular weight is 1310 g/mol. The summed E-state index contributed by atoms with van der Waals surface area (Å²) in [5.74, 6) is -0.533. The highest BCUT2D eigenvalue weighted by Gasteiger charge is 2.20. The standard InChI is InChI=1S/C13H19F.C11H12BrN.C11H12ClN.C11H15FO.3C11H15F/c1-9(2)11-8-10(13(3,4)5)6-7-12(11)14;2*1-11(2,3)8-5-6-10(13-4)9(12)7-8;1-11(2,3)9-4-5-10(12)8(6-9)7-13;2*1-8-7-9(11(2,3)4)5-6-10(8)12;1-8-5-6-9(7-10(8)12)11(2,3)4/h6-9H,1-5H3;2*5-7H,1-3H3;4-6,13H,7H2,1-3H3;3*5-7H,1-4H3. The maximum atomic E-state index is 13.4. The van der Waals surface area contributed by atoms with E-state index in [0.29, 0.717) is 27.5 Å². The molecular weight excluding hydrogens is 1200 g/mol. The van der Waals surface area contributed by atoms with Gasteiger partial charge in [-0.3, -0.25) is 0 Å². The number of aryl methyl sites for hydroxylation is 3. The van der Waals surface area contributed by atoms with Crippen molar-refractivity contribution in [1.82, 2.24) is 0 Å². The van der Waals surface area contributed by atoms with Gasteiger partial charge in [0.1, 0.15) is 29.1 Å². The van der Waals surface area contributed by atoms with Gasteiger partial charge < -0.3 is 5.11 Å². The van der Waals surface area contributed by atoms with Gasteiger partial charge in [-0.15, -0.1) is 0 Å². The smallest absolute Gasteiger partial charge is 0.205 e. The predicted molar refractivity (Wildman–Crippen MR) is 375 cm³/mol. The van der Waals surface area contributed by atoms with Gasteiger partial charge in [0, 0.05) is 15.1 Å². The van der Waals surface area contributed by atoms with E-state index in [1.807, 2.05) is 92.7 Å². The van der Waals surface area contributed by atoms with Crippen molar-refractivity contribution in [2.24, 2.45) is 0 Å². The summed E-state index contributed by atoms with van der Waals surface area (Å²) in [5.41, 5.74) is 13.2. The maximum absolute atomic E-state index is 13.4. The largest absolute Gasteiger partial charge is 0.392 e. The average Bonchev–Trinajstić information content (AvgIpc) is 1.69. The summed E-state index contributed by atoms with van der Waals surface area (Å²) in [7, 11) is 0. The molecule has 0 aliphatic heterocycles. The number of rotatable bonds is 2. The predicted octanol–water partition coefficient (Wildman–Crippen LogP) is 25.6. The summed E-state index contributed by atoms with van der Waals surface area (Å²) in [6, 6.07) is 37.9. The molecule has 1 N–H and O–H groups in total. The van der Waals surface area contributed by atoms with Gasteiger partial charge in [0.2, 0.25) is 11.4 Å². The quantitative estimate of drug-likeness (QED) is 0.136. The van der Waals surface area contributed by atoms with Crippen LogP contribution in [0.15, 0.2) is 132 Å². The molecule has 0 atom stereocenters. The second-order valence-corrected chi connectivity index (χ2v) is 31.3. The van der Waals surface area contributed by atoms with Gasteiger partial charge in [-0.1, -0.05) is 284 Å². The first-order valence-electron chi connectivity index (χ1n) is 30.2. The molecule has 0 radical (unpaired) electrons. The van der Waals surface area contributed by atoms with Crippen LogP contribution in [0.2, 0.25) is 5.02 Å². The molecule has 3 nitrogen and oxygen atoms in total. The summed E-state index contributed by atoms with van der Waals surface area (Å²) in [6.45, 7) is 67.4. The topological polar surface area (TPSA) is 28.9 Å². The second-order valence-electron chi connectivity index (χ2n) is 30.1. The van der Waals surface area contributed by atoms with Crippen LogP contribution in [0.3, 0.4) is 0 Å². The number of hydrogen-bond acceptors (Lipinski definition) is 1. The molecule has 0 saturated heterocycles. The zero-order valence-corrected chi connectivity index (χ0v) is 60.7. The van der Waals surface area contributed by atoms with Crippen LogP contribution in [0.5, 0.6) is 0 Å². The number of nitrogens with zero attached hydrogens (tertiary/aromatic N) is 2. The molecule has 7 aromatic carbocycles. The molecule has 0 amide bonds. The highest BCUT2D eigenvalue weighted by Crippen LogP contribution is 2.34. The Morgan fingerprint density at radius 2 is 0.685 bits per heavy atom. The molecule has 10 heteroatoms. The van der Waals surface area contributed by atoms with Crippen molar-refractivity contribution >= 4 is 38.9 Å². The summed E-state index contributed by atoms with van der Waals surface area (Å²) in [6.07, 6.45) is 0. The van der Waals surface area contributed by atoms with Crippen molar-refractivity contribution in [1.29, 1.82) is 0 Å². The van der Waals surface area contributed by atoms with E-state index in [4.69, 9.17) is 29.9 Å². The van der Waals surface area contributed by atoms with Crippen molar-refractivity contribution in [2.75, 3.05) is 0 Å². The van der Waals surface area contributed by atoms with Gasteiger partial charge in [-0.25, -0.2) is 31.6 Å². The van der Waals surface area contributed by atoms with Crippen molar-refractivity contribution in [3.63, 3.8) is 0 Å². The van der Waals surface area contributed by atoms with E-state index < -0.39 is 0 Å². The summed E-state index contributed by atoms with van der Waals surface area (Å²) >= 11 is 9.31. The fraction of sp³-hybridized carbons (Fsp3) is 0.443. The molecular formula is C79H103BrClF5N2O. The van der Waals surface area contributed by atoms with Crippen molar-refractivity contribution in [3.05, 3.63) is 256 Å². The van der Waals surface area contributed by atoms with Gasteiger partial charge in [-0.05, 0) is 156 Å². The molecule has 0 heterocycles. The van der Waals surface area contributed by atoms with Crippen LogP contribution in [0.1, 0.15) is 232 Å². The fourth-order valence-electron chi connectivity index (χ4n) is 8.03. The number of aliphatic hydroxyl groups is 1. The molecule has 0 unspecified atom stereocenters. The van der Waals surface area contributed by atoms with Crippen LogP contribution in [0.25, 0.3) is 9.69 Å². The molecule has 0 bridgehead atoms. The lowest BCUT2D eigenvalue weighted by Crippen LogP contribution is -2.12. The Morgan fingerprint density at radius 1 is 0.382 bits per heavy atom. The minimum absolute atomic E-state index is 0.00236. The van der Waals surface area contributed by atoms with E-state index >= 15 is 0 Å². The number of halogens is 7. The van der Waals surface area contributed by atoms with E-state index in [-0.39, 0.29) is 79.5 Å². The van der Waals surface area contributed by atoms with Crippen LogP contribution < -0.4 is 0 Å². The molecule has 0 saturated carbocycles. The summed E-state index contributed by atoms with van der Waals surface area (Å²) < 4.78 is 66.2. The van der Waals surface area contributed by atoms with Crippen LogP contribution in [-0.4, -0.2) is 5.11 Å². The van der Waals surface area contributed by atoms with E-state index in [1.54, 1.807) is 51.1 Å². The molecule has 7 aromatic rings. The van der Waals surface area contributed by atoms with Gasteiger partial charge in [0.25, 0.3) is 0 Å². The third-order valence-electron chi connectivity index (χ3n) is 14.5. The Balaban J connectivity index is 0.000000519. The number of hydrogen-bond donors (Lipinski definition) is 1. The number of aliphatic hydroxyl groups excluding tert-OH is 1. The SMILES string of the molecule is CC(C)(C)c1ccc(F)c(CO)c1.CC(C)c1cc(C(C)(C)C)ccc1F.Cc1cc(C(C)(C)C)ccc1F.Cc1cc(C(C)(C)C)ccc1F.Cc1ccc(C(C)(C)C)cc1F.[C-]#[N+]c1ccc(C(C)(C)C)cc1Br.[C-]#[N+]c1ccc(C(C)(C)C)cc1Cl. The minimum Gasteiger partial charge on any atom is -0.392 e. The zero-order valence-electron chi connectivity index (χ0n) is 58.4. The molecule has 0 aromatic heterocycles. The van der Waals surface area contributed by atoms with Gasteiger partial charge >= 0.3 is 0 Å². The van der Waals surface area contributed by atoms with Gasteiger partial charge in [0.15, 0.2) is 0 Å². The Labute approximate surface area is 548 Å². The van der Waals surface area contributed by atoms with Crippen molar-refractivity contribution in [3.8, 4) is 0 Å². The first-order chi connectivity index (χ1) is 40.4. The van der Waals surface area contributed by atoms with E-state index in [1.165, 1.54) is 40.5 Å². The van der Waals surface area contributed by atoms with E-state index in [9.17, 15) is 22.0 Å². The Bertz CT molecular complexity index is 3240. The molecule has 7 rings (SSSR count). The van der Waals surface area contributed by atoms with Crippen LogP contribution in [0, 0.1) is 63.0 Å². The second kappa shape index (κ2) is 33.8. The van der Waals surface area contributed by atoms with E-state index in [2.05, 4.69) is 171 Å². The fourth-order valence-corrected chi connectivity index (χ4v) is 8.72. The third-order valence-corrected chi connectivity index (χ3v) is 15.5. The molecule has 484 valence electrons. The Kier molecular flexibility index (Phi) is 30.7. The normalized spacial score (nSPS) is 11.6.